The van der Waals surface area contributed by atoms with Gasteiger partial charge in [0.1, 0.15) is 0 Å². The Kier molecular flexibility index (Phi) is 2.50. The molecular weight excluding hydrogens is 174 g/mol. The molecule has 0 unspecified atom stereocenters. The third-order valence-corrected chi connectivity index (χ3v) is 2.39. The van der Waals surface area contributed by atoms with E-state index in [2.05, 4.69) is 40.0 Å². The topological polar surface area (TPSA) is 29.3 Å². The van der Waals surface area contributed by atoms with E-state index in [9.17, 15) is 0 Å². The molecule has 0 spiro atoms. The standard InChI is InChI=1S/C11H15N3/c1-9-4-6-14-8-13-10(3-5-12-2)11(14)7-9/h4,6-8,12H,3,5H2,1-2H3. The highest BCUT2D eigenvalue weighted by Gasteiger charge is 2.02. The van der Waals surface area contributed by atoms with Crippen molar-refractivity contribution < 1.29 is 0 Å². The maximum absolute atomic E-state index is 4.40. The Balaban J connectivity index is 2.40. The number of pyridine rings is 1. The van der Waals surface area contributed by atoms with Crippen molar-refractivity contribution in [2.24, 2.45) is 0 Å². The molecule has 2 aromatic rings. The smallest absolute Gasteiger partial charge is 0.0995 e. The predicted octanol–water partition coefficient (Wildman–Crippen LogP) is 1.40. The van der Waals surface area contributed by atoms with Crippen molar-refractivity contribution in [3.63, 3.8) is 0 Å². The van der Waals surface area contributed by atoms with E-state index >= 15 is 0 Å². The normalized spacial score (nSPS) is 11.0. The summed E-state index contributed by atoms with van der Waals surface area (Å²) in [5, 5.41) is 3.14. The summed E-state index contributed by atoms with van der Waals surface area (Å²) >= 11 is 0. The Hall–Kier alpha value is -1.35. The maximum atomic E-state index is 4.40. The SMILES string of the molecule is CNCCc1ncn2ccc(C)cc12. The average Bonchev–Trinajstić information content (AvgIpc) is 2.57. The highest BCUT2D eigenvalue weighted by molar-refractivity contribution is 5.53. The number of hydrogen-bond acceptors (Lipinski definition) is 2. The van der Waals surface area contributed by atoms with Gasteiger partial charge < -0.3 is 9.72 Å². The molecule has 0 aromatic carbocycles. The Bertz CT molecular complexity index is 431. The van der Waals surface area contributed by atoms with Gasteiger partial charge in [-0.3, -0.25) is 0 Å². The van der Waals surface area contributed by atoms with Gasteiger partial charge in [-0.2, -0.15) is 0 Å². The minimum Gasteiger partial charge on any atom is -0.319 e. The molecule has 2 aromatic heterocycles. The molecule has 0 atom stereocenters. The molecule has 0 bridgehead atoms. The number of nitrogens with one attached hydrogen (secondary N) is 1. The first-order valence-corrected chi connectivity index (χ1v) is 4.88. The fraction of sp³-hybridized carbons (Fsp3) is 0.364. The molecule has 0 aliphatic carbocycles. The van der Waals surface area contributed by atoms with Gasteiger partial charge in [0, 0.05) is 19.2 Å². The van der Waals surface area contributed by atoms with E-state index in [-0.39, 0.29) is 0 Å². The van der Waals surface area contributed by atoms with Crippen molar-refractivity contribution in [3.8, 4) is 0 Å². The summed E-state index contributed by atoms with van der Waals surface area (Å²) in [6, 6.07) is 4.27. The van der Waals surface area contributed by atoms with Gasteiger partial charge in [-0.05, 0) is 31.7 Å². The van der Waals surface area contributed by atoms with Crippen LogP contribution in [0.3, 0.4) is 0 Å². The van der Waals surface area contributed by atoms with Crippen molar-refractivity contribution in [2.75, 3.05) is 13.6 Å². The number of aromatic nitrogens is 2. The summed E-state index contributed by atoms with van der Waals surface area (Å²) in [4.78, 5) is 4.40. The van der Waals surface area contributed by atoms with Crippen LogP contribution in [0.5, 0.6) is 0 Å². The fourth-order valence-electron chi connectivity index (χ4n) is 1.58. The highest BCUT2D eigenvalue weighted by Crippen LogP contribution is 2.11. The minimum atomic E-state index is 0.973. The van der Waals surface area contributed by atoms with E-state index in [4.69, 9.17) is 0 Å². The molecule has 0 saturated heterocycles. The van der Waals surface area contributed by atoms with Crippen molar-refractivity contribution >= 4 is 5.52 Å². The zero-order chi connectivity index (χ0) is 9.97. The molecule has 0 aliphatic heterocycles. The zero-order valence-electron chi connectivity index (χ0n) is 8.62. The summed E-state index contributed by atoms with van der Waals surface area (Å²) < 4.78 is 2.07. The van der Waals surface area contributed by atoms with Crippen LogP contribution in [-0.4, -0.2) is 23.0 Å². The van der Waals surface area contributed by atoms with E-state index in [0.717, 1.165) is 13.0 Å². The number of nitrogens with zero attached hydrogens (tertiary/aromatic N) is 2. The lowest BCUT2D eigenvalue weighted by molar-refractivity contribution is 0.783. The lowest BCUT2D eigenvalue weighted by atomic mass is 10.2. The quantitative estimate of drug-likeness (QED) is 0.791. The minimum absolute atomic E-state index is 0.973. The molecule has 1 N–H and O–H groups in total. The number of fused-ring (bicyclic) bond motifs is 1. The van der Waals surface area contributed by atoms with Crippen LogP contribution >= 0.6 is 0 Å². The van der Waals surface area contributed by atoms with Crippen LogP contribution in [0.25, 0.3) is 5.52 Å². The Morgan fingerprint density at radius 3 is 3.14 bits per heavy atom. The van der Waals surface area contributed by atoms with Crippen LogP contribution in [-0.2, 0) is 6.42 Å². The van der Waals surface area contributed by atoms with Crippen LogP contribution in [0.4, 0.5) is 0 Å². The largest absolute Gasteiger partial charge is 0.319 e. The van der Waals surface area contributed by atoms with Crippen LogP contribution in [0.15, 0.2) is 24.7 Å². The van der Waals surface area contributed by atoms with E-state index in [1.54, 1.807) is 0 Å². The molecule has 14 heavy (non-hydrogen) atoms. The third kappa shape index (κ3) is 1.63. The van der Waals surface area contributed by atoms with Crippen LogP contribution in [0.2, 0.25) is 0 Å². The Morgan fingerprint density at radius 2 is 2.36 bits per heavy atom. The first kappa shape index (κ1) is 9.21. The maximum Gasteiger partial charge on any atom is 0.0995 e. The second-order valence-electron chi connectivity index (χ2n) is 3.54. The van der Waals surface area contributed by atoms with Gasteiger partial charge in [-0.1, -0.05) is 0 Å². The summed E-state index contributed by atoms with van der Waals surface area (Å²) in [7, 11) is 1.96. The van der Waals surface area contributed by atoms with Crippen molar-refractivity contribution in [1.82, 2.24) is 14.7 Å². The molecule has 2 rings (SSSR count). The molecule has 3 nitrogen and oxygen atoms in total. The number of likely N-dealkylation sites (N-methyl/N-ethyl adjacent to an activating group) is 1. The van der Waals surface area contributed by atoms with E-state index in [1.165, 1.54) is 16.8 Å². The van der Waals surface area contributed by atoms with Gasteiger partial charge >= 0.3 is 0 Å². The van der Waals surface area contributed by atoms with E-state index < -0.39 is 0 Å². The van der Waals surface area contributed by atoms with Crippen molar-refractivity contribution in [2.45, 2.75) is 13.3 Å². The van der Waals surface area contributed by atoms with E-state index in [0.29, 0.717) is 0 Å². The Labute approximate surface area is 83.8 Å². The molecule has 74 valence electrons. The van der Waals surface area contributed by atoms with Crippen LogP contribution in [0.1, 0.15) is 11.3 Å². The molecule has 0 radical (unpaired) electrons. The number of hydrogen-bond donors (Lipinski definition) is 1. The number of rotatable bonds is 3. The lowest BCUT2D eigenvalue weighted by Crippen LogP contribution is -2.10. The summed E-state index contributed by atoms with van der Waals surface area (Å²) in [6.07, 6.45) is 4.91. The number of aryl methyl sites for hydroxylation is 1. The van der Waals surface area contributed by atoms with Gasteiger partial charge in [0.05, 0.1) is 17.5 Å². The Morgan fingerprint density at radius 1 is 1.50 bits per heavy atom. The summed E-state index contributed by atoms with van der Waals surface area (Å²) in [5.74, 6) is 0. The van der Waals surface area contributed by atoms with Crippen molar-refractivity contribution in [1.29, 1.82) is 0 Å². The second-order valence-corrected chi connectivity index (χ2v) is 3.54. The molecular formula is C11H15N3. The predicted molar refractivity (Wildman–Crippen MR) is 57.6 cm³/mol. The lowest BCUT2D eigenvalue weighted by Gasteiger charge is -1.99. The molecule has 0 amide bonds. The van der Waals surface area contributed by atoms with Gasteiger partial charge in [-0.15, -0.1) is 0 Å². The second kappa shape index (κ2) is 3.80. The molecule has 0 aliphatic rings. The molecule has 2 heterocycles. The third-order valence-electron chi connectivity index (χ3n) is 2.39. The summed E-state index contributed by atoms with van der Waals surface area (Å²) in [6.45, 7) is 3.08. The van der Waals surface area contributed by atoms with Gasteiger partial charge in [0.2, 0.25) is 0 Å². The van der Waals surface area contributed by atoms with Crippen LogP contribution < -0.4 is 5.32 Å². The van der Waals surface area contributed by atoms with Crippen LogP contribution in [0, 0.1) is 6.92 Å². The van der Waals surface area contributed by atoms with Gasteiger partial charge in [0.25, 0.3) is 0 Å². The first-order chi connectivity index (χ1) is 6.81. The van der Waals surface area contributed by atoms with Gasteiger partial charge in [-0.25, -0.2) is 4.98 Å². The van der Waals surface area contributed by atoms with Crippen molar-refractivity contribution in [3.05, 3.63) is 35.9 Å². The summed E-state index contributed by atoms with van der Waals surface area (Å²) in [5.41, 5.74) is 3.67. The molecule has 0 saturated carbocycles. The first-order valence-electron chi connectivity index (χ1n) is 4.88. The zero-order valence-corrected chi connectivity index (χ0v) is 8.62. The molecule has 3 heteroatoms. The van der Waals surface area contributed by atoms with E-state index in [1.807, 2.05) is 13.4 Å². The van der Waals surface area contributed by atoms with Gasteiger partial charge in [0.15, 0.2) is 0 Å². The number of imidazole rings is 1. The average molecular weight is 189 g/mol. The fourth-order valence-corrected chi connectivity index (χ4v) is 1.58. The molecule has 0 fully saturated rings. The monoisotopic (exact) mass is 189 g/mol. The highest BCUT2D eigenvalue weighted by atomic mass is 15.0.